The van der Waals surface area contributed by atoms with Crippen LogP contribution in [0.3, 0.4) is 0 Å². The van der Waals surface area contributed by atoms with Gasteiger partial charge in [0.1, 0.15) is 11.3 Å². The maximum absolute atomic E-state index is 6.32. The van der Waals surface area contributed by atoms with Crippen molar-refractivity contribution >= 4 is 33.5 Å². The highest BCUT2D eigenvalue weighted by Crippen LogP contribution is 2.34. The third kappa shape index (κ3) is 2.93. The summed E-state index contributed by atoms with van der Waals surface area (Å²) in [6.45, 7) is 2.86. The zero-order valence-corrected chi connectivity index (χ0v) is 16.5. The first-order valence-corrected chi connectivity index (χ1v) is 9.76. The molecule has 4 heterocycles. The van der Waals surface area contributed by atoms with E-state index >= 15 is 0 Å². The number of benzene rings is 1. The van der Waals surface area contributed by atoms with Crippen LogP contribution < -0.4 is 0 Å². The number of hydrogen-bond donors (Lipinski definition) is 0. The number of halogens is 1. The standard InChI is InChI=1S/C19H20ClN7O/c1-11-7-13(5-6-28-11)27-17(9-18-23-24-25-26(18)2)22-16-10-21-15-4-3-12(20)8-14(15)19(16)27/h3-4,8,10-11,13H,5-7,9H2,1-2H3/t11-,13-/m1/s1. The SMILES string of the molecule is C[C@@H]1C[C@H](n2c(Cc3nnnn3C)nc3cnc4ccc(Cl)cc4c32)CCO1. The smallest absolute Gasteiger partial charge is 0.158 e. The van der Waals surface area contributed by atoms with Crippen molar-refractivity contribution in [2.75, 3.05) is 6.61 Å². The minimum absolute atomic E-state index is 0.206. The van der Waals surface area contributed by atoms with Crippen LogP contribution in [-0.4, -0.2) is 47.5 Å². The number of pyridine rings is 1. The lowest BCUT2D eigenvalue weighted by molar-refractivity contribution is 0.00630. The molecule has 3 aromatic heterocycles. The molecule has 2 atom stereocenters. The average Bonchev–Trinajstić information content (AvgIpc) is 3.25. The molecule has 4 aromatic rings. The molecular weight excluding hydrogens is 378 g/mol. The molecule has 0 radical (unpaired) electrons. The molecule has 0 spiro atoms. The number of imidazole rings is 1. The van der Waals surface area contributed by atoms with E-state index in [-0.39, 0.29) is 12.1 Å². The van der Waals surface area contributed by atoms with Crippen LogP contribution in [0.4, 0.5) is 0 Å². The van der Waals surface area contributed by atoms with Gasteiger partial charge in [-0.3, -0.25) is 4.98 Å². The topological polar surface area (TPSA) is 83.5 Å². The Kier molecular flexibility index (Phi) is 4.25. The highest BCUT2D eigenvalue weighted by Gasteiger charge is 2.27. The normalized spacial score (nSPS) is 20.2. The Morgan fingerprint density at radius 3 is 2.93 bits per heavy atom. The third-order valence-corrected chi connectivity index (χ3v) is 5.63. The van der Waals surface area contributed by atoms with E-state index in [4.69, 9.17) is 21.3 Å². The lowest BCUT2D eigenvalue weighted by atomic mass is 10.0. The summed E-state index contributed by atoms with van der Waals surface area (Å²) in [4.78, 5) is 9.49. The Morgan fingerprint density at radius 1 is 1.25 bits per heavy atom. The Balaban J connectivity index is 1.76. The molecular formula is C19H20ClN7O. The van der Waals surface area contributed by atoms with Gasteiger partial charge in [-0.05, 0) is 48.4 Å². The molecule has 1 aliphatic heterocycles. The Morgan fingerprint density at radius 2 is 2.14 bits per heavy atom. The molecule has 0 saturated carbocycles. The summed E-state index contributed by atoms with van der Waals surface area (Å²) >= 11 is 6.32. The predicted octanol–water partition coefficient (Wildman–Crippen LogP) is 3.09. The summed E-state index contributed by atoms with van der Waals surface area (Å²) in [5, 5.41) is 13.6. The number of aromatic nitrogens is 7. The van der Waals surface area contributed by atoms with Crippen LogP contribution in [0.2, 0.25) is 5.02 Å². The van der Waals surface area contributed by atoms with Crippen molar-refractivity contribution in [3.63, 3.8) is 0 Å². The second kappa shape index (κ2) is 6.79. The van der Waals surface area contributed by atoms with Gasteiger partial charge in [-0.2, -0.15) is 0 Å². The second-order valence-corrected chi connectivity index (χ2v) is 7.74. The van der Waals surface area contributed by atoms with Gasteiger partial charge in [0, 0.05) is 30.1 Å². The van der Waals surface area contributed by atoms with E-state index in [2.05, 4.69) is 32.0 Å². The highest BCUT2D eigenvalue weighted by molar-refractivity contribution is 6.31. The number of hydrogen-bond acceptors (Lipinski definition) is 6. The fraction of sp³-hybridized carbons (Fsp3) is 0.421. The van der Waals surface area contributed by atoms with Crippen molar-refractivity contribution in [1.29, 1.82) is 0 Å². The van der Waals surface area contributed by atoms with E-state index in [1.807, 2.05) is 31.4 Å². The fourth-order valence-corrected chi connectivity index (χ4v) is 4.24. The fourth-order valence-electron chi connectivity index (χ4n) is 4.06. The molecule has 0 N–H and O–H groups in total. The molecule has 144 valence electrons. The maximum Gasteiger partial charge on any atom is 0.158 e. The number of tetrazole rings is 1. The van der Waals surface area contributed by atoms with Gasteiger partial charge in [0.25, 0.3) is 0 Å². The predicted molar refractivity (Wildman–Crippen MR) is 105 cm³/mol. The van der Waals surface area contributed by atoms with Crippen LogP contribution in [0.15, 0.2) is 24.4 Å². The third-order valence-electron chi connectivity index (χ3n) is 5.40. The largest absolute Gasteiger partial charge is 0.378 e. The summed E-state index contributed by atoms with van der Waals surface area (Å²) in [5.74, 6) is 1.70. The van der Waals surface area contributed by atoms with Crippen LogP contribution in [0.25, 0.3) is 21.9 Å². The Hall–Kier alpha value is -2.58. The van der Waals surface area contributed by atoms with Gasteiger partial charge in [0.2, 0.25) is 0 Å². The van der Waals surface area contributed by atoms with Crippen LogP contribution >= 0.6 is 11.6 Å². The number of aryl methyl sites for hydroxylation is 1. The molecule has 0 unspecified atom stereocenters. The highest BCUT2D eigenvalue weighted by atomic mass is 35.5. The van der Waals surface area contributed by atoms with E-state index in [1.54, 1.807) is 4.68 Å². The summed E-state index contributed by atoms with van der Waals surface area (Å²) in [5.41, 5.74) is 2.83. The molecule has 28 heavy (non-hydrogen) atoms. The van der Waals surface area contributed by atoms with Gasteiger partial charge >= 0.3 is 0 Å². The van der Waals surface area contributed by atoms with Crippen LogP contribution in [0.5, 0.6) is 0 Å². The first-order chi connectivity index (χ1) is 13.6. The van der Waals surface area contributed by atoms with E-state index in [9.17, 15) is 0 Å². The van der Waals surface area contributed by atoms with Crippen LogP contribution in [-0.2, 0) is 18.2 Å². The van der Waals surface area contributed by atoms with Gasteiger partial charge in [-0.15, -0.1) is 5.10 Å². The van der Waals surface area contributed by atoms with Crippen molar-refractivity contribution in [2.45, 2.75) is 38.3 Å². The van der Waals surface area contributed by atoms with Crippen LogP contribution in [0.1, 0.15) is 37.5 Å². The summed E-state index contributed by atoms with van der Waals surface area (Å²) in [6.07, 6.45) is 4.46. The second-order valence-electron chi connectivity index (χ2n) is 7.31. The molecule has 0 bridgehead atoms. The number of rotatable bonds is 3. The first-order valence-electron chi connectivity index (χ1n) is 9.38. The minimum atomic E-state index is 0.206. The minimum Gasteiger partial charge on any atom is -0.378 e. The Bertz CT molecular complexity index is 1170. The van der Waals surface area contributed by atoms with Gasteiger partial charge in [-0.25, -0.2) is 9.67 Å². The van der Waals surface area contributed by atoms with Gasteiger partial charge in [0.15, 0.2) is 5.82 Å². The molecule has 8 nitrogen and oxygen atoms in total. The van der Waals surface area contributed by atoms with E-state index in [0.717, 1.165) is 53.0 Å². The van der Waals surface area contributed by atoms with Crippen molar-refractivity contribution in [1.82, 2.24) is 34.7 Å². The lowest BCUT2D eigenvalue weighted by Gasteiger charge is -2.30. The molecule has 1 saturated heterocycles. The Labute approximate surface area is 166 Å². The van der Waals surface area contributed by atoms with Crippen molar-refractivity contribution < 1.29 is 4.74 Å². The summed E-state index contributed by atoms with van der Waals surface area (Å²) < 4.78 is 9.81. The molecule has 0 aliphatic carbocycles. The molecule has 5 rings (SSSR count). The van der Waals surface area contributed by atoms with Crippen molar-refractivity contribution in [2.24, 2.45) is 7.05 Å². The van der Waals surface area contributed by atoms with Gasteiger partial charge in [-0.1, -0.05) is 11.6 Å². The summed E-state index contributed by atoms with van der Waals surface area (Å²) in [7, 11) is 1.84. The quantitative estimate of drug-likeness (QED) is 0.528. The van der Waals surface area contributed by atoms with Crippen molar-refractivity contribution in [3.8, 4) is 0 Å². The zero-order valence-electron chi connectivity index (χ0n) is 15.7. The lowest BCUT2D eigenvalue weighted by Crippen LogP contribution is -2.26. The average molecular weight is 398 g/mol. The van der Waals surface area contributed by atoms with Gasteiger partial charge < -0.3 is 9.30 Å². The van der Waals surface area contributed by atoms with Crippen molar-refractivity contribution in [3.05, 3.63) is 41.1 Å². The van der Waals surface area contributed by atoms with Crippen LogP contribution in [0, 0.1) is 0 Å². The molecule has 1 aliphatic rings. The summed E-state index contributed by atoms with van der Waals surface area (Å²) in [6, 6.07) is 6.08. The first kappa shape index (κ1) is 17.5. The van der Waals surface area contributed by atoms with Gasteiger partial charge in [0.05, 0.1) is 29.8 Å². The van der Waals surface area contributed by atoms with E-state index < -0.39 is 0 Å². The van der Waals surface area contributed by atoms with E-state index in [0.29, 0.717) is 11.4 Å². The molecule has 1 fully saturated rings. The molecule has 9 heteroatoms. The number of ether oxygens (including phenoxy) is 1. The number of nitrogens with zero attached hydrogens (tertiary/aromatic N) is 7. The molecule has 0 amide bonds. The zero-order chi connectivity index (χ0) is 19.3. The maximum atomic E-state index is 6.32. The number of fused-ring (bicyclic) bond motifs is 3. The molecule has 1 aromatic carbocycles. The monoisotopic (exact) mass is 397 g/mol. The van der Waals surface area contributed by atoms with E-state index in [1.165, 1.54) is 0 Å².